The topological polar surface area (TPSA) is 66.1 Å². The number of fused-ring (bicyclic) bond motifs is 1. The van der Waals surface area contributed by atoms with E-state index in [1.54, 1.807) is 4.31 Å². The summed E-state index contributed by atoms with van der Waals surface area (Å²) in [6.07, 6.45) is 1.49. The molecule has 2 heterocycles. The molecule has 28 heavy (non-hydrogen) atoms. The molecule has 0 bridgehead atoms. The Labute approximate surface area is 170 Å². The van der Waals surface area contributed by atoms with Gasteiger partial charge in [0.1, 0.15) is 5.82 Å². The lowest BCUT2D eigenvalue weighted by atomic mass is 9.97. The van der Waals surface area contributed by atoms with Crippen LogP contribution in [0.2, 0.25) is 5.02 Å². The zero-order valence-corrected chi connectivity index (χ0v) is 17.9. The summed E-state index contributed by atoms with van der Waals surface area (Å²) in [7, 11) is -3.49. The van der Waals surface area contributed by atoms with Crippen LogP contribution in [-0.4, -0.2) is 35.8 Å². The number of nitrogens with zero attached hydrogens (tertiary/aromatic N) is 2. The van der Waals surface area contributed by atoms with Gasteiger partial charge in [-0.2, -0.15) is 4.31 Å². The number of aromatic nitrogens is 2. The number of aryl methyl sites for hydroxylation is 3. The third kappa shape index (κ3) is 3.45. The third-order valence-electron chi connectivity index (χ3n) is 5.51. The molecule has 1 fully saturated rings. The van der Waals surface area contributed by atoms with Gasteiger partial charge in [0, 0.05) is 24.0 Å². The lowest BCUT2D eigenvalue weighted by molar-refractivity contribution is 0.314. The second-order valence-electron chi connectivity index (χ2n) is 7.69. The summed E-state index contributed by atoms with van der Waals surface area (Å²) in [5, 5.41) is 0.674. The number of hydrogen-bond donors (Lipinski definition) is 1. The van der Waals surface area contributed by atoms with Crippen LogP contribution in [0.3, 0.4) is 0 Å². The van der Waals surface area contributed by atoms with Crippen LogP contribution in [0.15, 0.2) is 35.2 Å². The van der Waals surface area contributed by atoms with E-state index in [1.807, 2.05) is 51.1 Å². The minimum Gasteiger partial charge on any atom is -0.342 e. The average Bonchev–Trinajstić information content (AvgIpc) is 3.03. The molecule has 0 amide bonds. The van der Waals surface area contributed by atoms with E-state index in [9.17, 15) is 8.42 Å². The fraction of sp³-hybridized carbons (Fsp3) is 0.381. The Morgan fingerprint density at radius 2 is 1.71 bits per heavy atom. The third-order valence-corrected chi connectivity index (χ3v) is 7.95. The van der Waals surface area contributed by atoms with Crippen LogP contribution < -0.4 is 0 Å². The second-order valence-corrected chi connectivity index (χ2v) is 10.0. The van der Waals surface area contributed by atoms with Gasteiger partial charge in [-0.1, -0.05) is 29.3 Å². The van der Waals surface area contributed by atoms with Gasteiger partial charge < -0.3 is 4.98 Å². The van der Waals surface area contributed by atoms with Crippen molar-refractivity contribution < 1.29 is 8.42 Å². The first-order valence-corrected chi connectivity index (χ1v) is 11.3. The van der Waals surface area contributed by atoms with Crippen molar-refractivity contribution in [3.63, 3.8) is 0 Å². The van der Waals surface area contributed by atoms with Crippen molar-refractivity contribution in [1.82, 2.24) is 14.3 Å². The molecule has 5 nitrogen and oxygen atoms in total. The molecule has 0 spiro atoms. The molecule has 0 radical (unpaired) electrons. The molecule has 1 aromatic heterocycles. The summed E-state index contributed by atoms with van der Waals surface area (Å²) >= 11 is 6.06. The number of aromatic amines is 1. The first kappa shape index (κ1) is 19.4. The van der Waals surface area contributed by atoms with E-state index < -0.39 is 10.0 Å². The quantitative estimate of drug-likeness (QED) is 0.671. The van der Waals surface area contributed by atoms with Crippen molar-refractivity contribution in [3.8, 4) is 0 Å². The van der Waals surface area contributed by atoms with E-state index in [0.717, 1.165) is 46.4 Å². The molecule has 2 aromatic carbocycles. The monoisotopic (exact) mass is 417 g/mol. The lowest BCUT2D eigenvalue weighted by Gasteiger charge is -2.31. The summed E-state index contributed by atoms with van der Waals surface area (Å²) in [6, 6.07) is 9.48. The second kappa shape index (κ2) is 7.17. The largest absolute Gasteiger partial charge is 0.342 e. The first-order chi connectivity index (χ1) is 13.3. The van der Waals surface area contributed by atoms with E-state index >= 15 is 0 Å². The zero-order valence-electron chi connectivity index (χ0n) is 16.3. The maximum absolute atomic E-state index is 13.2. The Kier molecular flexibility index (Phi) is 4.98. The molecule has 1 saturated heterocycles. The number of piperidine rings is 1. The molecular weight excluding hydrogens is 394 g/mol. The molecule has 0 saturated carbocycles. The number of rotatable bonds is 3. The van der Waals surface area contributed by atoms with Gasteiger partial charge in [0.25, 0.3) is 0 Å². The van der Waals surface area contributed by atoms with Gasteiger partial charge in [0.05, 0.1) is 15.9 Å². The van der Waals surface area contributed by atoms with E-state index in [2.05, 4.69) is 9.97 Å². The van der Waals surface area contributed by atoms with Gasteiger partial charge in [-0.25, -0.2) is 13.4 Å². The Hall–Kier alpha value is -1.89. The van der Waals surface area contributed by atoms with Crippen molar-refractivity contribution in [1.29, 1.82) is 0 Å². The fourth-order valence-corrected chi connectivity index (χ4v) is 6.32. The smallest absolute Gasteiger partial charge is 0.243 e. The van der Waals surface area contributed by atoms with Gasteiger partial charge in [-0.05, 0) is 62.9 Å². The van der Waals surface area contributed by atoms with Crippen LogP contribution in [0.4, 0.5) is 0 Å². The highest BCUT2D eigenvalue weighted by Gasteiger charge is 2.32. The Morgan fingerprint density at radius 3 is 2.36 bits per heavy atom. The molecule has 148 valence electrons. The number of imidazole rings is 1. The minimum atomic E-state index is -3.49. The summed E-state index contributed by atoms with van der Waals surface area (Å²) in [5.41, 5.74) is 4.52. The summed E-state index contributed by atoms with van der Waals surface area (Å²) in [5.74, 6) is 1.13. The summed E-state index contributed by atoms with van der Waals surface area (Å²) in [6.45, 7) is 6.73. The number of sulfonamides is 1. The van der Waals surface area contributed by atoms with E-state index in [1.165, 1.54) is 0 Å². The summed E-state index contributed by atoms with van der Waals surface area (Å²) < 4.78 is 28.1. The maximum atomic E-state index is 13.2. The Balaban J connectivity index is 1.55. The minimum absolute atomic E-state index is 0.220. The maximum Gasteiger partial charge on any atom is 0.243 e. The SMILES string of the molecule is Cc1cc(C)c(S(=O)(=O)N2CCC(c3nc4ccc(Cl)cc4[nH]3)CC2)c(C)c1. The molecule has 0 atom stereocenters. The lowest BCUT2D eigenvalue weighted by Crippen LogP contribution is -2.38. The first-order valence-electron chi connectivity index (χ1n) is 9.49. The predicted octanol–water partition coefficient (Wildman–Crippen LogP) is 4.71. The Morgan fingerprint density at radius 1 is 1.07 bits per heavy atom. The van der Waals surface area contributed by atoms with Gasteiger partial charge >= 0.3 is 0 Å². The van der Waals surface area contributed by atoms with Gasteiger partial charge in [-0.3, -0.25) is 0 Å². The average molecular weight is 418 g/mol. The normalized spacial score (nSPS) is 16.7. The fourth-order valence-electron chi connectivity index (χ4n) is 4.27. The molecule has 0 unspecified atom stereocenters. The van der Waals surface area contributed by atoms with E-state index in [4.69, 9.17) is 11.6 Å². The molecular formula is C21H24ClN3O2S. The number of benzene rings is 2. The van der Waals surface area contributed by atoms with Gasteiger partial charge in [0.15, 0.2) is 0 Å². The van der Waals surface area contributed by atoms with E-state index in [-0.39, 0.29) is 5.92 Å². The molecule has 4 rings (SSSR count). The standard InChI is InChI=1S/C21H24ClN3O2S/c1-13-10-14(2)20(15(3)11-13)28(26,27)25-8-6-16(7-9-25)21-23-18-5-4-17(22)12-19(18)24-21/h4-5,10-12,16H,6-9H2,1-3H3,(H,23,24). The van der Waals surface area contributed by atoms with Crippen LogP contribution in [0.5, 0.6) is 0 Å². The van der Waals surface area contributed by atoms with Crippen molar-refractivity contribution >= 4 is 32.7 Å². The molecule has 1 aliphatic rings. The van der Waals surface area contributed by atoms with Gasteiger partial charge in [-0.15, -0.1) is 0 Å². The highest BCUT2D eigenvalue weighted by atomic mass is 35.5. The van der Waals surface area contributed by atoms with Crippen LogP contribution in [0.25, 0.3) is 11.0 Å². The molecule has 3 aromatic rings. The van der Waals surface area contributed by atoms with Crippen LogP contribution in [0, 0.1) is 20.8 Å². The van der Waals surface area contributed by atoms with Crippen molar-refractivity contribution in [2.75, 3.05) is 13.1 Å². The number of hydrogen-bond acceptors (Lipinski definition) is 3. The molecule has 1 N–H and O–H groups in total. The predicted molar refractivity (Wildman–Crippen MR) is 112 cm³/mol. The molecule has 1 aliphatic heterocycles. The number of nitrogens with one attached hydrogen (secondary N) is 1. The van der Waals surface area contributed by atoms with Crippen LogP contribution in [-0.2, 0) is 10.0 Å². The number of H-pyrrole nitrogens is 1. The van der Waals surface area contributed by atoms with Crippen molar-refractivity contribution in [3.05, 3.63) is 57.9 Å². The van der Waals surface area contributed by atoms with E-state index in [0.29, 0.717) is 23.0 Å². The number of halogens is 1. The van der Waals surface area contributed by atoms with Crippen LogP contribution in [0.1, 0.15) is 41.3 Å². The van der Waals surface area contributed by atoms with Crippen LogP contribution >= 0.6 is 11.6 Å². The highest BCUT2D eigenvalue weighted by molar-refractivity contribution is 7.89. The molecule has 0 aliphatic carbocycles. The highest BCUT2D eigenvalue weighted by Crippen LogP contribution is 2.32. The Bertz CT molecular complexity index is 1120. The zero-order chi connectivity index (χ0) is 20.1. The van der Waals surface area contributed by atoms with Crippen molar-refractivity contribution in [2.45, 2.75) is 44.4 Å². The molecule has 7 heteroatoms. The van der Waals surface area contributed by atoms with Crippen molar-refractivity contribution in [2.24, 2.45) is 0 Å². The van der Waals surface area contributed by atoms with Gasteiger partial charge in [0.2, 0.25) is 10.0 Å². The summed E-state index contributed by atoms with van der Waals surface area (Å²) in [4.78, 5) is 8.48.